The van der Waals surface area contributed by atoms with E-state index in [0.717, 1.165) is 6.42 Å². The molecule has 1 aromatic carbocycles. The highest BCUT2D eigenvalue weighted by Crippen LogP contribution is 2.18. The molecule has 6 heteroatoms. The van der Waals surface area contributed by atoms with Gasteiger partial charge >= 0.3 is 0 Å². The van der Waals surface area contributed by atoms with E-state index in [1.54, 1.807) is 12.1 Å². The molecule has 0 radical (unpaired) electrons. The van der Waals surface area contributed by atoms with Gasteiger partial charge in [0.25, 0.3) is 9.05 Å². The first kappa shape index (κ1) is 14.3. The zero-order chi connectivity index (χ0) is 12.7. The molecule has 0 saturated heterocycles. The molecule has 0 spiro atoms. The lowest BCUT2D eigenvalue weighted by Gasteiger charge is -2.06. The first-order chi connectivity index (χ1) is 8.04. The highest BCUT2D eigenvalue weighted by molar-refractivity contribution is 8.13. The van der Waals surface area contributed by atoms with Gasteiger partial charge in [-0.15, -0.1) is 0 Å². The molecule has 1 rings (SSSR count). The summed E-state index contributed by atoms with van der Waals surface area (Å²) in [5, 5.41) is 0. The van der Waals surface area contributed by atoms with Crippen LogP contribution in [-0.2, 0) is 13.8 Å². The van der Waals surface area contributed by atoms with Gasteiger partial charge in [-0.2, -0.15) is 0 Å². The van der Waals surface area contributed by atoms with Crippen LogP contribution in [0.25, 0.3) is 0 Å². The van der Waals surface area contributed by atoms with Crippen LogP contribution in [0.1, 0.15) is 13.3 Å². The average molecular weight is 279 g/mol. The topological polar surface area (TPSA) is 52.6 Å². The van der Waals surface area contributed by atoms with Crippen LogP contribution >= 0.6 is 10.7 Å². The van der Waals surface area contributed by atoms with Crippen LogP contribution in [0.2, 0.25) is 0 Å². The van der Waals surface area contributed by atoms with Crippen LogP contribution in [-0.4, -0.2) is 28.2 Å². The number of hydrogen-bond acceptors (Lipinski definition) is 4. The quantitative estimate of drug-likeness (QED) is 0.568. The van der Waals surface area contributed by atoms with E-state index in [0.29, 0.717) is 25.6 Å². The van der Waals surface area contributed by atoms with Gasteiger partial charge in [0.15, 0.2) is 0 Å². The van der Waals surface area contributed by atoms with Crippen molar-refractivity contribution < 1.29 is 17.9 Å². The molecule has 0 unspecified atom stereocenters. The molecule has 0 amide bonds. The smallest absolute Gasteiger partial charge is 0.261 e. The molecule has 0 aliphatic carbocycles. The van der Waals surface area contributed by atoms with Crippen LogP contribution in [0.15, 0.2) is 29.2 Å². The molecule has 0 N–H and O–H groups in total. The third-order valence-electron chi connectivity index (χ3n) is 1.95. The number of hydrogen-bond donors (Lipinski definition) is 0. The fraction of sp³-hybridized carbons (Fsp3) is 0.455. The van der Waals surface area contributed by atoms with Crippen LogP contribution in [0.5, 0.6) is 5.75 Å². The van der Waals surface area contributed by atoms with E-state index < -0.39 is 9.05 Å². The summed E-state index contributed by atoms with van der Waals surface area (Å²) in [6, 6.07) is 5.94. The number of ether oxygens (including phenoxy) is 2. The predicted octanol–water partition coefficient (Wildman–Crippen LogP) is 2.42. The molecule has 96 valence electrons. The van der Waals surface area contributed by atoms with E-state index >= 15 is 0 Å². The second-order valence-electron chi connectivity index (χ2n) is 3.37. The Labute approximate surface area is 106 Å². The van der Waals surface area contributed by atoms with Gasteiger partial charge in [0.1, 0.15) is 12.4 Å². The maximum Gasteiger partial charge on any atom is 0.261 e. The summed E-state index contributed by atoms with van der Waals surface area (Å²) in [6.45, 7) is 3.70. The van der Waals surface area contributed by atoms with Crippen molar-refractivity contribution in [2.75, 3.05) is 19.8 Å². The van der Waals surface area contributed by atoms with Crippen LogP contribution < -0.4 is 4.74 Å². The molecule has 0 heterocycles. The molecule has 0 bridgehead atoms. The predicted molar refractivity (Wildman–Crippen MR) is 66.1 cm³/mol. The largest absolute Gasteiger partial charge is 0.491 e. The minimum atomic E-state index is -3.66. The standard InChI is InChI=1S/C11H15ClO4S/c1-2-7-15-8-9-16-10-3-5-11(6-4-10)17(12,13)14/h3-6H,2,7-9H2,1H3. The van der Waals surface area contributed by atoms with Gasteiger partial charge in [-0.25, -0.2) is 8.42 Å². The molecule has 0 saturated carbocycles. The highest BCUT2D eigenvalue weighted by atomic mass is 35.7. The molecule has 4 nitrogen and oxygen atoms in total. The third kappa shape index (κ3) is 5.39. The van der Waals surface area contributed by atoms with Crippen molar-refractivity contribution in [3.63, 3.8) is 0 Å². The Kier molecular flexibility index (Phi) is 5.74. The van der Waals surface area contributed by atoms with Gasteiger partial charge in [0.05, 0.1) is 11.5 Å². The summed E-state index contributed by atoms with van der Waals surface area (Å²) in [6.07, 6.45) is 0.974. The lowest BCUT2D eigenvalue weighted by Crippen LogP contribution is -2.07. The second-order valence-corrected chi connectivity index (χ2v) is 5.94. The fourth-order valence-corrected chi connectivity index (χ4v) is 1.93. The van der Waals surface area contributed by atoms with Crippen LogP contribution in [0, 0.1) is 0 Å². The molecular formula is C11H15ClO4S. The Morgan fingerprint density at radius 3 is 2.29 bits per heavy atom. The monoisotopic (exact) mass is 278 g/mol. The van der Waals surface area contributed by atoms with Crippen molar-refractivity contribution in [1.82, 2.24) is 0 Å². The molecule has 0 fully saturated rings. The van der Waals surface area contributed by atoms with E-state index in [9.17, 15) is 8.42 Å². The molecule has 17 heavy (non-hydrogen) atoms. The highest BCUT2D eigenvalue weighted by Gasteiger charge is 2.08. The van der Waals surface area contributed by atoms with Crippen molar-refractivity contribution in [2.45, 2.75) is 18.2 Å². The number of rotatable bonds is 7. The fourth-order valence-electron chi connectivity index (χ4n) is 1.16. The number of halogens is 1. The number of benzene rings is 1. The Balaban J connectivity index is 2.41. The third-order valence-corrected chi connectivity index (χ3v) is 3.32. The molecule has 0 aromatic heterocycles. The first-order valence-electron chi connectivity index (χ1n) is 5.29. The molecule has 0 aliphatic heterocycles. The minimum absolute atomic E-state index is 0.0637. The Morgan fingerprint density at radius 1 is 1.12 bits per heavy atom. The summed E-state index contributed by atoms with van der Waals surface area (Å²) in [4.78, 5) is 0.0637. The van der Waals surface area contributed by atoms with Crippen molar-refractivity contribution >= 4 is 19.7 Å². The Morgan fingerprint density at radius 2 is 1.76 bits per heavy atom. The maximum absolute atomic E-state index is 11.0. The van der Waals surface area contributed by atoms with Crippen molar-refractivity contribution in [3.05, 3.63) is 24.3 Å². The SMILES string of the molecule is CCCOCCOc1ccc(S(=O)(=O)Cl)cc1. The van der Waals surface area contributed by atoms with E-state index in [2.05, 4.69) is 0 Å². The molecular weight excluding hydrogens is 264 g/mol. The van der Waals surface area contributed by atoms with Gasteiger partial charge in [-0.1, -0.05) is 6.92 Å². The summed E-state index contributed by atoms with van der Waals surface area (Å²) in [5.74, 6) is 0.592. The van der Waals surface area contributed by atoms with E-state index in [1.807, 2.05) is 6.92 Å². The molecule has 1 aromatic rings. The first-order valence-corrected chi connectivity index (χ1v) is 7.60. The van der Waals surface area contributed by atoms with E-state index in [4.69, 9.17) is 20.2 Å². The van der Waals surface area contributed by atoms with Gasteiger partial charge in [0.2, 0.25) is 0 Å². The lowest BCUT2D eigenvalue weighted by atomic mass is 10.3. The minimum Gasteiger partial charge on any atom is -0.491 e. The van der Waals surface area contributed by atoms with Gasteiger partial charge in [-0.3, -0.25) is 0 Å². The Bertz CT molecular complexity index is 427. The maximum atomic E-state index is 11.0. The summed E-state index contributed by atoms with van der Waals surface area (Å²) < 4.78 is 32.6. The van der Waals surface area contributed by atoms with Crippen molar-refractivity contribution in [1.29, 1.82) is 0 Å². The molecule has 0 aliphatic rings. The second kappa shape index (κ2) is 6.83. The normalized spacial score (nSPS) is 11.4. The van der Waals surface area contributed by atoms with Crippen molar-refractivity contribution in [2.24, 2.45) is 0 Å². The van der Waals surface area contributed by atoms with Crippen LogP contribution in [0.4, 0.5) is 0 Å². The van der Waals surface area contributed by atoms with Gasteiger partial charge in [-0.05, 0) is 30.7 Å². The zero-order valence-electron chi connectivity index (χ0n) is 9.56. The zero-order valence-corrected chi connectivity index (χ0v) is 11.1. The van der Waals surface area contributed by atoms with E-state index in [1.165, 1.54) is 12.1 Å². The summed E-state index contributed by atoms with van der Waals surface area (Å²) >= 11 is 0. The van der Waals surface area contributed by atoms with Crippen molar-refractivity contribution in [3.8, 4) is 5.75 Å². The summed E-state index contributed by atoms with van der Waals surface area (Å²) in [7, 11) is 1.52. The van der Waals surface area contributed by atoms with Gasteiger partial charge < -0.3 is 9.47 Å². The Hall–Kier alpha value is -0.780. The molecule has 0 atom stereocenters. The van der Waals surface area contributed by atoms with E-state index in [-0.39, 0.29) is 4.90 Å². The average Bonchev–Trinajstić information content (AvgIpc) is 2.28. The van der Waals surface area contributed by atoms with Crippen LogP contribution in [0.3, 0.4) is 0 Å². The summed E-state index contributed by atoms with van der Waals surface area (Å²) in [5.41, 5.74) is 0. The van der Waals surface area contributed by atoms with Gasteiger partial charge in [0, 0.05) is 17.3 Å². The lowest BCUT2D eigenvalue weighted by molar-refractivity contribution is 0.101.